The smallest absolute Gasteiger partial charge is 0.310 e. The fourth-order valence-corrected chi connectivity index (χ4v) is 4.38. The first-order valence-corrected chi connectivity index (χ1v) is 10.5. The third kappa shape index (κ3) is 4.40. The topological polar surface area (TPSA) is 67.4 Å². The van der Waals surface area contributed by atoms with Crippen LogP contribution in [0.25, 0.3) is 0 Å². The lowest BCUT2D eigenvalue weighted by Gasteiger charge is -2.38. The Bertz CT molecular complexity index is 748. The normalized spacial score (nSPS) is 23.0. The number of anilines is 1. The van der Waals surface area contributed by atoms with Gasteiger partial charge in [-0.25, -0.2) is 0 Å². The summed E-state index contributed by atoms with van der Waals surface area (Å²) in [5, 5.41) is 6.45. The van der Waals surface area contributed by atoms with E-state index in [9.17, 15) is 9.59 Å². The van der Waals surface area contributed by atoms with Crippen molar-refractivity contribution < 1.29 is 14.3 Å². The molecule has 0 spiro atoms. The molecule has 154 valence electrons. The number of piperidine rings is 1. The van der Waals surface area contributed by atoms with Gasteiger partial charge in [-0.05, 0) is 81.3 Å². The monoisotopic (exact) mass is 386 g/mol. The van der Waals surface area contributed by atoms with Gasteiger partial charge in [0.1, 0.15) is 0 Å². The summed E-state index contributed by atoms with van der Waals surface area (Å²) in [5.74, 6) is -0.152. The Morgan fingerprint density at radius 2 is 1.82 bits per heavy atom. The zero-order chi connectivity index (χ0) is 20.5. The molecule has 0 radical (unpaired) electrons. The molecule has 1 heterocycles. The second kappa shape index (κ2) is 7.86. The quantitative estimate of drug-likeness (QED) is 0.774. The average molecular weight is 387 g/mol. The van der Waals surface area contributed by atoms with Crippen LogP contribution in [0, 0.1) is 16.7 Å². The molecule has 1 fully saturated rings. The van der Waals surface area contributed by atoms with Crippen LogP contribution < -0.4 is 10.6 Å². The number of nitrogens with one attached hydrogen (secondary N) is 2. The summed E-state index contributed by atoms with van der Waals surface area (Å²) in [5.41, 5.74) is 2.75. The third-order valence-electron chi connectivity index (χ3n) is 6.37. The fourth-order valence-electron chi connectivity index (χ4n) is 4.38. The number of hydrogen-bond donors (Lipinski definition) is 2. The number of fused-ring (bicyclic) bond motifs is 1. The molecule has 1 aromatic rings. The Hall–Kier alpha value is -1.88. The van der Waals surface area contributed by atoms with E-state index < -0.39 is 0 Å². The zero-order valence-electron chi connectivity index (χ0n) is 17.9. The summed E-state index contributed by atoms with van der Waals surface area (Å²) in [6.07, 6.45) is 3.10. The SMILES string of the molecule is CC(C)OC(=O)C1Cc2ccc(NC(=O)C3(C)CCNCC3)cc2CC1(C)C. The van der Waals surface area contributed by atoms with Gasteiger partial charge in [0.2, 0.25) is 5.91 Å². The summed E-state index contributed by atoms with van der Waals surface area (Å²) in [7, 11) is 0. The minimum Gasteiger partial charge on any atom is -0.463 e. The van der Waals surface area contributed by atoms with Crippen molar-refractivity contribution in [2.24, 2.45) is 16.7 Å². The first-order valence-electron chi connectivity index (χ1n) is 10.5. The van der Waals surface area contributed by atoms with Crippen LogP contribution in [0.5, 0.6) is 0 Å². The molecule has 1 saturated heterocycles. The van der Waals surface area contributed by atoms with Crippen LogP contribution in [0.3, 0.4) is 0 Å². The second-order valence-electron chi connectivity index (χ2n) is 9.66. The van der Waals surface area contributed by atoms with Gasteiger partial charge in [0.25, 0.3) is 0 Å². The van der Waals surface area contributed by atoms with E-state index in [1.54, 1.807) is 0 Å². The summed E-state index contributed by atoms with van der Waals surface area (Å²) >= 11 is 0. The molecule has 3 rings (SSSR count). The van der Waals surface area contributed by atoms with Crippen LogP contribution in [0.2, 0.25) is 0 Å². The molecule has 2 N–H and O–H groups in total. The number of esters is 1. The number of benzene rings is 1. The highest BCUT2D eigenvalue weighted by Crippen LogP contribution is 2.41. The molecular formula is C23H34N2O3. The lowest BCUT2D eigenvalue weighted by Crippen LogP contribution is -2.43. The van der Waals surface area contributed by atoms with E-state index in [4.69, 9.17) is 4.74 Å². The first kappa shape index (κ1) is 20.8. The molecule has 0 bridgehead atoms. The first-order chi connectivity index (χ1) is 13.1. The molecule has 1 amide bonds. The largest absolute Gasteiger partial charge is 0.463 e. The lowest BCUT2D eigenvalue weighted by atomic mass is 9.66. The highest BCUT2D eigenvalue weighted by Gasteiger charge is 2.41. The van der Waals surface area contributed by atoms with Crippen molar-refractivity contribution in [3.8, 4) is 0 Å². The summed E-state index contributed by atoms with van der Waals surface area (Å²) in [6, 6.07) is 6.11. The Labute approximate surface area is 168 Å². The Morgan fingerprint density at radius 1 is 1.14 bits per heavy atom. The number of ether oxygens (including phenoxy) is 1. The number of carbonyl (C=O) groups is 2. The molecule has 5 heteroatoms. The molecule has 1 unspecified atom stereocenters. The van der Waals surface area contributed by atoms with Crippen molar-refractivity contribution in [3.63, 3.8) is 0 Å². The van der Waals surface area contributed by atoms with E-state index in [0.717, 1.165) is 38.0 Å². The van der Waals surface area contributed by atoms with Gasteiger partial charge < -0.3 is 15.4 Å². The van der Waals surface area contributed by atoms with Crippen LogP contribution in [0.1, 0.15) is 58.6 Å². The molecule has 28 heavy (non-hydrogen) atoms. The Morgan fingerprint density at radius 3 is 2.46 bits per heavy atom. The van der Waals surface area contributed by atoms with Gasteiger partial charge >= 0.3 is 5.97 Å². The standard InChI is InChI=1S/C23H34N2O3/c1-15(2)28-20(26)19-13-16-6-7-18(12-17(16)14-22(19,3)4)25-21(27)23(5)8-10-24-11-9-23/h6-7,12,15,19,24H,8-11,13-14H2,1-5H3,(H,25,27). The highest BCUT2D eigenvalue weighted by atomic mass is 16.5. The van der Waals surface area contributed by atoms with Crippen LogP contribution in [-0.4, -0.2) is 31.1 Å². The van der Waals surface area contributed by atoms with Gasteiger partial charge in [-0.15, -0.1) is 0 Å². The van der Waals surface area contributed by atoms with Crippen LogP contribution in [0.15, 0.2) is 18.2 Å². The minimum absolute atomic E-state index is 0.0985. The number of carbonyl (C=O) groups excluding carboxylic acids is 2. The van der Waals surface area contributed by atoms with E-state index in [0.29, 0.717) is 6.42 Å². The predicted molar refractivity (Wildman–Crippen MR) is 111 cm³/mol. The van der Waals surface area contributed by atoms with Gasteiger partial charge in [-0.1, -0.05) is 26.8 Å². The zero-order valence-corrected chi connectivity index (χ0v) is 17.9. The average Bonchev–Trinajstić information content (AvgIpc) is 2.60. The van der Waals surface area contributed by atoms with Crippen molar-refractivity contribution in [2.45, 2.75) is 66.4 Å². The number of amides is 1. The molecule has 0 saturated carbocycles. The molecule has 5 nitrogen and oxygen atoms in total. The van der Waals surface area contributed by atoms with E-state index in [1.165, 1.54) is 11.1 Å². The number of hydrogen-bond acceptors (Lipinski definition) is 4. The Balaban J connectivity index is 1.75. The van der Waals surface area contributed by atoms with Crippen molar-refractivity contribution in [2.75, 3.05) is 18.4 Å². The summed E-state index contributed by atoms with van der Waals surface area (Å²) < 4.78 is 5.49. The van der Waals surface area contributed by atoms with E-state index >= 15 is 0 Å². The second-order valence-corrected chi connectivity index (χ2v) is 9.66. The minimum atomic E-state index is -0.313. The Kier molecular flexibility index (Phi) is 5.85. The van der Waals surface area contributed by atoms with Crippen LogP contribution in [0.4, 0.5) is 5.69 Å². The molecule has 0 aromatic heterocycles. The van der Waals surface area contributed by atoms with E-state index in [1.807, 2.05) is 19.9 Å². The van der Waals surface area contributed by atoms with Gasteiger partial charge in [-0.3, -0.25) is 9.59 Å². The summed E-state index contributed by atoms with van der Waals surface area (Å²) in [6.45, 7) is 11.9. The molecule has 2 aliphatic rings. The maximum absolute atomic E-state index is 12.8. The molecule has 1 aromatic carbocycles. The molecular weight excluding hydrogens is 352 g/mol. The van der Waals surface area contributed by atoms with Gasteiger partial charge in [-0.2, -0.15) is 0 Å². The fraction of sp³-hybridized carbons (Fsp3) is 0.652. The van der Waals surface area contributed by atoms with Crippen molar-refractivity contribution in [3.05, 3.63) is 29.3 Å². The lowest BCUT2D eigenvalue weighted by molar-refractivity contribution is -0.157. The van der Waals surface area contributed by atoms with Crippen molar-refractivity contribution in [1.82, 2.24) is 5.32 Å². The van der Waals surface area contributed by atoms with Crippen molar-refractivity contribution in [1.29, 1.82) is 0 Å². The molecule has 1 atom stereocenters. The molecule has 1 aliphatic carbocycles. The van der Waals surface area contributed by atoms with Gasteiger partial charge in [0, 0.05) is 11.1 Å². The predicted octanol–water partition coefficient (Wildman–Crippen LogP) is 3.71. The van der Waals surface area contributed by atoms with Gasteiger partial charge in [0.15, 0.2) is 0 Å². The number of rotatable bonds is 4. The maximum atomic E-state index is 12.8. The highest BCUT2D eigenvalue weighted by molar-refractivity contribution is 5.95. The van der Waals surface area contributed by atoms with Crippen LogP contribution >= 0.6 is 0 Å². The maximum Gasteiger partial charge on any atom is 0.310 e. The van der Waals surface area contributed by atoms with E-state index in [2.05, 4.69) is 43.5 Å². The van der Waals surface area contributed by atoms with E-state index in [-0.39, 0.29) is 34.7 Å². The third-order valence-corrected chi connectivity index (χ3v) is 6.37. The van der Waals surface area contributed by atoms with Crippen LogP contribution in [-0.2, 0) is 27.2 Å². The van der Waals surface area contributed by atoms with Gasteiger partial charge in [0.05, 0.1) is 12.0 Å². The summed E-state index contributed by atoms with van der Waals surface area (Å²) in [4.78, 5) is 25.4. The molecule has 1 aliphatic heterocycles. The van der Waals surface area contributed by atoms with Crippen molar-refractivity contribution >= 4 is 17.6 Å².